The van der Waals surface area contributed by atoms with Gasteiger partial charge in [-0.25, -0.2) is 14.1 Å². The zero-order valence-electron chi connectivity index (χ0n) is 17.4. The topological polar surface area (TPSA) is 69.8 Å². The van der Waals surface area contributed by atoms with E-state index in [-0.39, 0.29) is 11.7 Å². The summed E-state index contributed by atoms with van der Waals surface area (Å²) in [5.74, 6) is 2.04. The molecule has 0 spiro atoms. The number of nitrogens with zero attached hydrogens (tertiary/aromatic N) is 5. The molecule has 0 amide bonds. The van der Waals surface area contributed by atoms with E-state index in [1.165, 1.54) is 12.1 Å². The van der Waals surface area contributed by atoms with Crippen LogP contribution in [0.1, 0.15) is 35.8 Å². The Bertz CT molecular complexity index is 1210. The van der Waals surface area contributed by atoms with Gasteiger partial charge in [0.25, 0.3) is 0 Å². The van der Waals surface area contributed by atoms with Gasteiger partial charge in [-0.15, -0.1) is 5.10 Å². The maximum atomic E-state index is 13.3. The summed E-state index contributed by atoms with van der Waals surface area (Å²) in [6, 6.07) is 12.5. The van der Waals surface area contributed by atoms with Gasteiger partial charge in [-0.2, -0.15) is 4.98 Å². The minimum atomic E-state index is -0.230. The molecule has 0 radical (unpaired) electrons. The minimum Gasteiger partial charge on any atom is -0.494 e. The average Bonchev–Trinajstić information content (AvgIpc) is 3.39. The number of ether oxygens (including phenoxy) is 1. The summed E-state index contributed by atoms with van der Waals surface area (Å²) in [6.45, 7) is 2.77. The highest BCUT2D eigenvalue weighted by Gasteiger charge is 2.26. The van der Waals surface area contributed by atoms with Gasteiger partial charge < -0.3 is 14.6 Å². The summed E-state index contributed by atoms with van der Waals surface area (Å²) in [5.41, 5.74) is 3.73. The van der Waals surface area contributed by atoms with E-state index < -0.39 is 0 Å². The fourth-order valence-electron chi connectivity index (χ4n) is 4.07. The molecule has 0 bridgehead atoms. The van der Waals surface area contributed by atoms with E-state index in [4.69, 9.17) is 9.72 Å². The van der Waals surface area contributed by atoms with Crippen molar-refractivity contribution in [3.05, 3.63) is 77.9 Å². The maximum Gasteiger partial charge on any atom is 0.246 e. The van der Waals surface area contributed by atoms with Crippen molar-refractivity contribution in [3.63, 3.8) is 0 Å². The highest BCUT2D eigenvalue weighted by Crippen LogP contribution is 2.34. The number of fused-ring (bicyclic) bond motifs is 1. The maximum absolute atomic E-state index is 13.3. The zero-order chi connectivity index (χ0) is 21.4. The lowest BCUT2D eigenvalue weighted by Gasteiger charge is -2.22. The first-order valence-corrected chi connectivity index (χ1v) is 10.3. The summed E-state index contributed by atoms with van der Waals surface area (Å²) < 4.78 is 22.8. The minimum absolute atomic E-state index is 0.110. The smallest absolute Gasteiger partial charge is 0.246 e. The SMILES string of the molecule is COc1cc(Nc2nc3n(n2)CCC[C@H]3c2ccc(F)cc2)ccc1-n1cnc(C)c1. The first kappa shape index (κ1) is 19.3. The van der Waals surface area contributed by atoms with Crippen molar-refractivity contribution in [2.75, 3.05) is 12.4 Å². The van der Waals surface area contributed by atoms with Crippen molar-refractivity contribution >= 4 is 11.6 Å². The van der Waals surface area contributed by atoms with E-state index in [1.807, 2.05) is 52.7 Å². The summed E-state index contributed by atoms with van der Waals surface area (Å²) in [5, 5.41) is 7.94. The highest BCUT2D eigenvalue weighted by molar-refractivity contribution is 5.62. The van der Waals surface area contributed by atoms with Crippen LogP contribution >= 0.6 is 0 Å². The predicted molar refractivity (Wildman–Crippen MR) is 116 cm³/mol. The number of anilines is 2. The standard InChI is InChI=1S/C23H23FN6O/c1-15-13-29(14-25-15)20-10-9-18(12-21(20)31-2)26-23-27-22-19(4-3-11-30(22)28-23)16-5-7-17(24)8-6-16/h5-10,12-14,19H,3-4,11H2,1-2H3,(H,26,28)/t19-/m0/s1. The number of aromatic nitrogens is 5. The molecule has 4 aromatic rings. The van der Waals surface area contributed by atoms with Crippen LogP contribution in [-0.2, 0) is 6.54 Å². The number of benzene rings is 2. The van der Waals surface area contributed by atoms with Crippen molar-refractivity contribution in [1.82, 2.24) is 24.3 Å². The normalized spacial score (nSPS) is 15.5. The Morgan fingerprint density at radius 3 is 2.74 bits per heavy atom. The van der Waals surface area contributed by atoms with Gasteiger partial charge in [0.05, 0.1) is 24.8 Å². The molecule has 1 atom stereocenters. The van der Waals surface area contributed by atoms with Gasteiger partial charge >= 0.3 is 0 Å². The van der Waals surface area contributed by atoms with Crippen LogP contribution in [0.3, 0.4) is 0 Å². The molecule has 2 aromatic heterocycles. The first-order valence-electron chi connectivity index (χ1n) is 10.3. The molecule has 1 aliphatic heterocycles. The van der Waals surface area contributed by atoms with Crippen LogP contribution in [0, 0.1) is 12.7 Å². The Labute approximate surface area is 179 Å². The Morgan fingerprint density at radius 1 is 1.16 bits per heavy atom. The van der Waals surface area contributed by atoms with Crippen LogP contribution in [0.5, 0.6) is 5.75 Å². The Kier molecular flexibility index (Phi) is 4.89. The molecule has 5 rings (SSSR count). The van der Waals surface area contributed by atoms with Gasteiger partial charge in [-0.3, -0.25) is 0 Å². The summed E-state index contributed by atoms with van der Waals surface area (Å²) in [4.78, 5) is 9.04. The third-order valence-corrected chi connectivity index (χ3v) is 5.57. The molecule has 0 saturated heterocycles. The van der Waals surface area contributed by atoms with Crippen molar-refractivity contribution in [3.8, 4) is 11.4 Å². The van der Waals surface area contributed by atoms with E-state index in [0.29, 0.717) is 5.95 Å². The van der Waals surface area contributed by atoms with Gasteiger partial charge in [-0.1, -0.05) is 12.1 Å². The molecule has 8 heteroatoms. The van der Waals surface area contributed by atoms with Crippen LogP contribution in [-0.4, -0.2) is 31.4 Å². The molecule has 1 N–H and O–H groups in total. The average molecular weight is 418 g/mol. The number of hydrogen-bond acceptors (Lipinski definition) is 5. The summed E-state index contributed by atoms with van der Waals surface area (Å²) >= 11 is 0. The molecule has 3 heterocycles. The lowest BCUT2D eigenvalue weighted by molar-refractivity contribution is 0.413. The molecule has 0 fully saturated rings. The van der Waals surface area contributed by atoms with E-state index >= 15 is 0 Å². The number of hydrogen-bond donors (Lipinski definition) is 1. The van der Waals surface area contributed by atoms with E-state index in [1.54, 1.807) is 13.4 Å². The number of methoxy groups -OCH3 is 1. The fraction of sp³-hybridized carbons (Fsp3) is 0.261. The number of imidazole rings is 1. The highest BCUT2D eigenvalue weighted by atomic mass is 19.1. The molecule has 0 saturated carbocycles. The van der Waals surface area contributed by atoms with E-state index in [9.17, 15) is 4.39 Å². The molecule has 0 unspecified atom stereocenters. The zero-order valence-corrected chi connectivity index (χ0v) is 17.4. The Morgan fingerprint density at radius 2 is 2.00 bits per heavy atom. The van der Waals surface area contributed by atoms with Gasteiger partial charge in [-0.05, 0) is 49.6 Å². The second-order valence-corrected chi connectivity index (χ2v) is 7.70. The van der Waals surface area contributed by atoms with Gasteiger partial charge in [0.2, 0.25) is 5.95 Å². The van der Waals surface area contributed by atoms with Crippen LogP contribution < -0.4 is 10.1 Å². The number of halogens is 1. The Hall–Kier alpha value is -3.68. The summed E-state index contributed by atoms with van der Waals surface area (Å²) in [7, 11) is 1.65. The quantitative estimate of drug-likeness (QED) is 0.513. The molecule has 2 aromatic carbocycles. The van der Waals surface area contributed by atoms with E-state index in [0.717, 1.165) is 53.6 Å². The molecule has 158 valence electrons. The van der Waals surface area contributed by atoms with Gasteiger partial charge in [0.15, 0.2) is 0 Å². The number of aryl methyl sites for hydroxylation is 2. The third-order valence-electron chi connectivity index (χ3n) is 5.57. The second-order valence-electron chi connectivity index (χ2n) is 7.70. The van der Waals surface area contributed by atoms with Gasteiger partial charge in [0, 0.05) is 30.4 Å². The van der Waals surface area contributed by atoms with Crippen molar-refractivity contribution < 1.29 is 9.13 Å². The molecule has 31 heavy (non-hydrogen) atoms. The molecule has 7 nitrogen and oxygen atoms in total. The van der Waals surface area contributed by atoms with Crippen LogP contribution in [0.4, 0.5) is 16.0 Å². The van der Waals surface area contributed by atoms with Crippen molar-refractivity contribution in [2.45, 2.75) is 32.2 Å². The predicted octanol–water partition coefficient (Wildman–Crippen LogP) is 4.59. The lowest BCUT2D eigenvalue weighted by Crippen LogP contribution is -2.17. The van der Waals surface area contributed by atoms with Crippen LogP contribution in [0.25, 0.3) is 5.69 Å². The van der Waals surface area contributed by atoms with Gasteiger partial charge in [0.1, 0.15) is 17.4 Å². The second kappa shape index (κ2) is 7.86. The van der Waals surface area contributed by atoms with Crippen LogP contribution in [0.15, 0.2) is 55.0 Å². The van der Waals surface area contributed by atoms with Crippen LogP contribution in [0.2, 0.25) is 0 Å². The Balaban J connectivity index is 1.42. The monoisotopic (exact) mass is 418 g/mol. The lowest BCUT2D eigenvalue weighted by atomic mass is 9.91. The molecular weight excluding hydrogens is 395 g/mol. The van der Waals surface area contributed by atoms with Crippen molar-refractivity contribution in [2.24, 2.45) is 0 Å². The van der Waals surface area contributed by atoms with Crippen molar-refractivity contribution in [1.29, 1.82) is 0 Å². The largest absolute Gasteiger partial charge is 0.494 e. The number of rotatable bonds is 5. The first-order chi connectivity index (χ1) is 15.1. The molecule has 0 aliphatic carbocycles. The number of nitrogens with one attached hydrogen (secondary N) is 1. The molecular formula is C23H23FN6O. The summed E-state index contributed by atoms with van der Waals surface area (Å²) in [6.07, 6.45) is 5.69. The third kappa shape index (κ3) is 3.76. The molecule has 1 aliphatic rings. The fourth-order valence-corrected chi connectivity index (χ4v) is 4.07. The van der Waals surface area contributed by atoms with E-state index in [2.05, 4.69) is 15.4 Å².